The average Bonchev–Trinajstić information content (AvgIpc) is 2.70. The fraction of sp³-hybridized carbons (Fsp3) is 0.222. The van der Waals surface area contributed by atoms with Gasteiger partial charge in [0.1, 0.15) is 0 Å². The number of tetrazole rings is 1. The van der Waals surface area contributed by atoms with Crippen LogP contribution in [-0.2, 0) is 0 Å². The molecule has 0 spiro atoms. The Kier molecular flexibility index (Phi) is 3.47. The lowest BCUT2D eigenvalue weighted by Gasteiger charge is -2.08. The van der Waals surface area contributed by atoms with Gasteiger partial charge in [0.15, 0.2) is 5.82 Å². The first-order valence-electron chi connectivity index (χ1n) is 4.48. The maximum absolute atomic E-state index is 6.00. The molecule has 0 aliphatic rings. The number of benzene rings is 1. The van der Waals surface area contributed by atoms with Gasteiger partial charge in [-0.2, -0.15) is 4.68 Å². The monoisotopic (exact) mass is 320 g/mol. The Morgan fingerprint density at radius 1 is 1.44 bits per heavy atom. The van der Waals surface area contributed by atoms with Crippen molar-refractivity contribution < 1.29 is 0 Å². The van der Waals surface area contributed by atoms with Crippen LogP contribution in [0.25, 0.3) is 5.69 Å². The van der Waals surface area contributed by atoms with Gasteiger partial charge in [-0.25, -0.2) is 0 Å². The Hall–Kier alpha value is -0.650. The topological polar surface area (TPSA) is 43.6 Å². The minimum absolute atomic E-state index is 0.277. The fourth-order valence-electron chi connectivity index (χ4n) is 1.27. The van der Waals surface area contributed by atoms with E-state index in [0.29, 0.717) is 10.8 Å². The van der Waals surface area contributed by atoms with Gasteiger partial charge in [-0.1, -0.05) is 17.7 Å². The van der Waals surface area contributed by atoms with E-state index < -0.39 is 0 Å². The van der Waals surface area contributed by atoms with Crippen molar-refractivity contribution in [1.82, 2.24) is 20.2 Å². The third-order valence-corrected chi connectivity index (χ3v) is 3.58. The van der Waals surface area contributed by atoms with Crippen LogP contribution in [0.15, 0.2) is 22.7 Å². The van der Waals surface area contributed by atoms with Crippen LogP contribution in [0.5, 0.6) is 0 Å². The van der Waals surface area contributed by atoms with Gasteiger partial charge < -0.3 is 0 Å². The van der Waals surface area contributed by atoms with E-state index in [9.17, 15) is 0 Å². The first-order chi connectivity index (χ1) is 7.61. The first kappa shape index (κ1) is 11.8. The molecule has 0 aliphatic carbocycles. The van der Waals surface area contributed by atoms with Gasteiger partial charge in [-0.3, -0.25) is 0 Å². The van der Waals surface area contributed by atoms with Gasteiger partial charge in [-0.15, -0.1) is 16.7 Å². The molecule has 1 heterocycles. The number of hydrogen-bond acceptors (Lipinski definition) is 3. The molecule has 0 saturated heterocycles. The number of hydrogen-bond donors (Lipinski definition) is 0. The molecule has 1 atom stereocenters. The van der Waals surface area contributed by atoms with Crippen molar-refractivity contribution >= 4 is 39.1 Å². The van der Waals surface area contributed by atoms with E-state index in [1.807, 2.05) is 19.1 Å². The van der Waals surface area contributed by atoms with E-state index in [0.717, 1.165) is 10.2 Å². The molecular weight excluding hydrogens is 315 g/mol. The molecule has 0 aliphatic heterocycles. The number of aromatic nitrogens is 4. The Bertz CT molecular complexity index is 512. The standard InChI is InChI=1S/C9H7BrCl2N4/c1-5(11)9-13-14-15-16(9)7-4-2-3-6(12)8(7)10/h2-5H,1H3. The molecule has 0 amide bonds. The largest absolute Gasteiger partial charge is 0.195 e. The van der Waals surface area contributed by atoms with Gasteiger partial charge >= 0.3 is 0 Å². The maximum atomic E-state index is 6.00. The van der Waals surface area contributed by atoms with E-state index in [2.05, 4.69) is 31.5 Å². The summed E-state index contributed by atoms with van der Waals surface area (Å²) < 4.78 is 2.30. The summed E-state index contributed by atoms with van der Waals surface area (Å²) in [6.07, 6.45) is 0. The summed E-state index contributed by atoms with van der Waals surface area (Å²) in [4.78, 5) is 0. The molecule has 0 radical (unpaired) electrons. The Morgan fingerprint density at radius 3 is 2.88 bits per heavy atom. The molecule has 7 heteroatoms. The van der Waals surface area contributed by atoms with E-state index in [1.54, 1.807) is 10.7 Å². The average molecular weight is 322 g/mol. The summed E-state index contributed by atoms with van der Waals surface area (Å²) >= 11 is 15.4. The number of halogens is 3. The zero-order valence-electron chi connectivity index (χ0n) is 8.23. The lowest BCUT2D eigenvalue weighted by molar-refractivity contribution is 0.758. The Labute approximate surface area is 111 Å². The molecule has 84 valence electrons. The number of rotatable bonds is 2. The van der Waals surface area contributed by atoms with Gasteiger partial charge in [-0.05, 0) is 45.4 Å². The van der Waals surface area contributed by atoms with Crippen LogP contribution in [0.4, 0.5) is 0 Å². The van der Waals surface area contributed by atoms with Crippen molar-refractivity contribution in [2.75, 3.05) is 0 Å². The molecular formula is C9H7BrCl2N4. The predicted octanol–water partition coefficient (Wildman–Crippen LogP) is 3.38. The van der Waals surface area contributed by atoms with E-state index in [1.165, 1.54) is 0 Å². The third-order valence-electron chi connectivity index (χ3n) is 2.01. The molecule has 16 heavy (non-hydrogen) atoms. The first-order valence-corrected chi connectivity index (χ1v) is 6.08. The maximum Gasteiger partial charge on any atom is 0.174 e. The molecule has 1 aromatic heterocycles. The van der Waals surface area contributed by atoms with Crippen LogP contribution in [0.3, 0.4) is 0 Å². The lowest BCUT2D eigenvalue weighted by Crippen LogP contribution is -2.04. The zero-order chi connectivity index (χ0) is 11.7. The number of nitrogens with zero attached hydrogens (tertiary/aromatic N) is 4. The second kappa shape index (κ2) is 4.69. The molecule has 1 aromatic carbocycles. The summed E-state index contributed by atoms with van der Waals surface area (Å²) in [5.74, 6) is 0.574. The molecule has 0 fully saturated rings. The molecule has 1 unspecified atom stereocenters. The van der Waals surface area contributed by atoms with Crippen molar-refractivity contribution in [3.8, 4) is 5.69 Å². The number of alkyl halides is 1. The highest BCUT2D eigenvalue weighted by Crippen LogP contribution is 2.30. The minimum Gasteiger partial charge on any atom is -0.195 e. The van der Waals surface area contributed by atoms with Crippen molar-refractivity contribution in [1.29, 1.82) is 0 Å². The molecule has 0 N–H and O–H groups in total. The van der Waals surface area contributed by atoms with Gasteiger partial charge in [0.25, 0.3) is 0 Å². The lowest BCUT2D eigenvalue weighted by atomic mass is 10.3. The van der Waals surface area contributed by atoms with Crippen LogP contribution in [-0.4, -0.2) is 20.2 Å². The van der Waals surface area contributed by atoms with Gasteiger partial charge in [0, 0.05) is 0 Å². The van der Waals surface area contributed by atoms with Crippen LogP contribution in [0.2, 0.25) is 5.02 Å². The van der Waals surface area contributed by atoms with Crippen molar-refractivity contribution in [2.24, 2.45) is 0 Å². The molecule has 0 bridgehead atoms. The van der Waals surface area contributed by atoms with Crippen LogP contribution in [0.1, 0.15) is 18.1 Å². The van der Waals surface area contributed by atoms with Crippen molar-refractivity contribution in [3.05, 3.63) is 33.5 Å². The third kappa shape index (κ3) is 2.07. The van der Waals surface area contributed by atoms with Crippen LogP contribution >= 0.6 is 39.1 Å². The minimum atomic E-state index is -0.277. The van der Waals surface area contributed by atoms with E-state index >= 15 is 0 Å². The zero-order valence-corrected chi connectivity index (χ0v) is 11.3. The SMILES string of the molecule is CC(Cl)c1nnnn1-c1cccc(Cl)c1Br. The summed E-state index contributed by atoms with van der Waals surface area (Å²) in [5, 5.41) is 11.7. The summed E-state index contributed by atoms with van der Waals surface area (Å²) in [6.45, 7) is 1.81. The summed E-state index contributed by atoms with van der Waals surface area (Å²) in [6, 6.07) is 5.46. The quantitative estimate of drug-likeness (QED) is 0.796. The van der Waals surface area contributed by atoms with Crippen molar-refractivity contribution in [3.63, 3.8) is 0 Å². The Balaban J connectivity index is 2.59. The normalized spacial score (nSPS) is 12.8. The van der Waals surface area contributed by atoms with Crippen molar-refractivity contribution in [2.45, 2.75) is 12.3 Å². The highest BCUT2D eigenvalue weighted by Gasteiger charge is 2.16. The molecule has 4 nitrogen and oxygen atoms in total. The highest BCUT2D eigenvalue weighted by atomic mass is 79.9. The van der Waals surface area contributed by atoms with Crippen LogP contribution in [0, 0.1) is 0 Å². The summed E-state index contributed by atoms with van der Waals surface area (Å²) in [7, 11) is 0. The second-order valence-electron chi connectivity index (χ2n) is 3.14. The highest BCUT2D eigenvalue weighted by molar-refractivity contribution is 9.10. The Morgan fingerprint density at radius 2 is 2.19 bits per heavy atom. The van der Waals surface area contributed by atoms with Crippen LogP contribution < -0.4 is 0 Å². The van der Waals surface area contributed by atoms with E-state index in [4.69, 9.17) is 23.2 Å². The van der Waals surface area contributed by atoms with E-state index in [-0.39, 0.29) is 5.38 Å². The predicted molar refractivity (Wildman–Crippen MR) is 66.1 cm³/mol. The smallest absolute Gasteiger partial charge is 0.174 e. The molecule has 2 rings (SSSR count). The van der Waals surface area contributed by atoms with Gasteiger partial charge in [0.2, 0.25) is 0 Å². The molecule has 0 saturated carbocycles. The molecule has 2 aromatic rings. The second-order valence-corrected chi connectivity index (χ2v) is 4.99. The van der Waals surface area contributed by atoms with Gasteiger partial charge in [0.05, 0.1) is 20.6 Å². The summed E-state index contributed by atoms with van der Waals surface area (Å²) in [5.41, 5.74) is 0.764. The fourth-order valence-corrected chi connectivity index (χ4v) is 2.01.